The number of rotatable bonds is 6. The second-order valence-corrected chi connectivity index (χ2v) is 8.37. The van der Waals surface area contributed by atoms with Gasteiger partial charge in [0.15, 0.2) is 26.6 Å². The van der Waals surface area contributed by atoms with Crippen LogP contribution in [0, 0.1) is 0 Å². The smallest absolute Gasteiger partial charge is 0.234 e. The standard InChI is InChI=1S/C16H16N4O4S2/c1-20-15(12-7-5-9-24-12)18-19-16(20)25-10-14(21)17-11-6-3-4-8-13(11)26(2,22)23/h3-9H,10H2,1-2H3,(H,17,21). The first-order valence-corrected chi connectivity index (χ1v) is 10.4. The number of hydrogen-bond acceptors (Lipinski definition) is 7. The molecule has 136 valence electrons. The number of amides is 1. The summed E-state index contributed by atoms with van der Waals surface area (Å²) in [5.41, 5.74) is 0.259. The van der Waals surface area contributed by atoms with Crippen LogP contribution >= 0.6 is 11.8 Å². The zero-order chi connectivity index (χ0) is 18.7. The van der Waals surface area contributed by atoms with E-state index in [4.69, 9.17) is 4.42 Å². The number of anilines is 1. The lowest BCUT2D eigenvalue weighted by molar-refractivity contribution is -0.113. The van der Waals surface area contributed by atoms with Crippen molar-refractivity contribution in [2.45, 2.75) is 10.1 Å². The molecule has 0 aliphatic heterocycles. The molecule has 2 heterocycles. The molecule has 0 unspecified atom stereocenters. The molecule has 0 saturated carbocycles. The highest BCUT2D eigenvalue weighted by Crippen LogP contribution is 2.24. The molecular weight excluding hydrogens is 376 g/mol. The lowest BCUT2D eigenvalue weighted by atomic mass is 10.3. The van der Waals surface area contributed by atoms with Gasteiger partial charge in [-0.1, -0.05) is 23.9 Å². The Morgan fingerprint density at radius 1 is 1.23 bits per heavy atom. The molecule has 3 rings (SSSR count). The molecule has 1 N–H and O–H groups in total. The number of furan rings is 1. The molecule has 8 nitrogen and oxygen atoms in total. The lowest BCUT2D eigenvalue weighted by Crippen LogP contribution is -2.16. The van der Waals surface area contributed by atoms with Crippen molar-refractivity contribution in [2.24, 2.45) is 7.05 Å². The summed E-state index contributed by atoms with van der Waals surface area (Å²) >= 11 is 1.19. The van der Waals surface area contributed by atoms with Crippen LogP contribution < -0.4 is 5.32 Å². The van der Waals surface area contributed by atoms with E-state index < -0.39 is 9.84 Å². The molecule has 0 fully saturated rings. The highest BCUT2D eigenvalue weighted by molar-refractivity contribution is 7.99. The minimum absolute atomic E-state index is 0.0578. The first-order valence-electron chi connectivity index (χ1n) is 7.51. The van der Waals surface area contributed by atoms with Crippen molar-refractivity contribution < 1.29 is 17.6 Å². The first kappa shape index (κ1) is 18.2. The summed E-state index contributed by atoms with van der Waals surface area (Å²) in [7, 11) is -1.66. The van der Waals surface area contributed by atoms with Crippen LogP contribution in [0.5, 0.6) is 0 Å². The molecule has 26 heavy (non-hydrogen) atoms. The molecule has 0 bridgehead atoms. The molecule has 0 atom stereocenters. The Morgan fingerprint density at radius 3 is 2.69 bits per heavy atom. The zero-order valence-corrected chi connectivity index (χ0v) is 15.7. The fraction of sp³-hybridized carbons (Fsp3) is 0.188. The molecule has 0 aliphatic rings. The van der Waals surface area contributed by atoms with Gasteiger partial charge in [-0.3, -0.25) is 4.79 Å². The largest absolute Gasteiger partial charge is 0.461 e. The van der Waals surface area contributed by atoms with Gasteiger partial charge >= 0.3 is 0 Å². The molecule has 0 aliphatic carbocycles. The van der Waals surface area contributed by atoms with Crippen molar-refractivity contribution in [3.8, 4) is 11.6 Å². The van der Waals surface area contributed by atoms with Crippen LogP contribution in [0.3, 0.4) is 0 Å². The Kier molecular flexibility index (Phi) is 5.14. The van der Waals surface area contributed by atoms with Gasteiger partial charge in [-0.2, -0.15) is 0 Å². The average molecular weight is 392 g/mol. The number of carbonyl (C=O) groups excluding carboxylic acids is 1. The number of nitrogens with one attached hydrogen (secondary N) is 1. The van der Waals surface area contributed by atoms with Crippen LogP contribution in [0.15, 0.2) is 57.1 Å². The summed E-state index contributed by atoms with van der Waals surface area (Å²) in [6.45, 7) is 0. The van der Waals surface area contributed by atoms with Gasteiger partial charge in [0.25, 0.3) is 0 Å². The third kappa shape index (κ3) is 3.97. The van der Waals surface area contributed by atoms with Crippen LogP contribution in [0.25, 0.3) is 11.6 Å². The van der Waals surface area contributed by atoms with Crippen molar-refractivity contribution >= 4 is 33.2 Å². The predicted octanol–water partition coefficient (Wildman–Crippen LogP) is 2.21. The quantitative estimate of drug-likeness (QED) is 0.641. The number of sulfone groups is 1. The summed E-state index contributed by atoms with van der Waals surface area (Å²) in [6, 6.07) is 9.80. The molecule has 3 aromatic rings. The lowest BCUT2D eigenvalue weighted by Gasteiger charge is -2.09. The average Bonchev–Trinajstić information content (AvgIpc) is 3.22. The zero-order valence-electron chi connectivity index (χ0n) is 14.0. The summed E-state index contributed by atoms with van der Waals surface area (Å²) in [5, 5.41) is 11.3. The number of benzene rings is 1. The second-order valence-electron chi connectivity index (χ2n) is 5.45. The third-order valence-electron chi connectivity index (χ3n) is 3.47. The fourth-order valence-corrected chi connectivity index (χ4v) is 3.83. The number of nitrogens with zero attached hydrogens (tertiary/aromatic N) is 3. The molecule has 0 saturated heterocycles. The van der Waals surface area contributed by atoms with E-state index in [1.54, 1.807) is 48.2 Å². The molecule has 2 aromatic heterocycles. The van der Waals surface area contributed by atoms with Crippen LogP contribution in [0.2, 0.25) is 0 Å². The Morgan fingerprint density at radius 2 is 2.00 bits per heavy atom. The highest BCUT2D eigenvalue weighted by Gasteiger charge is 2.17. The minimum Gasteiger partial charge on any atom is -0.461 e. The molecule has 0 radical (unpaired) electrons. The topological polar surface area (TPSA) is 107 Å². The van der Waals surface area contributed by atoms with Crippen LogP contribution in [0.4, 0.5) is 5.69 Å². The van der Waals surface area contributed by atoms with Crippen LogP contribution in [0.1, 0.15) is 0 Å². The summed E-state index contributed by atoms with van der Waals surface area (Å²) in [5.74, 6) is 0.856. The normalized spacial score (nSPS) is 11.5. The summed E-state index contributed by atoms with van der Waals surface area (Å²) in [6.07, 6.45) is 2.64. The molecular formula is C16H16N4O4S2. The molecule has 0 spiro atoms. The number of aromatic nitrogens is 3. The van der Waals surface area contributed by atoms with Gasteiger partial charge in [0, 0.05) is 13.3 Å². The SMILES string of the molecule is Cn1c(SCC(=O)Nc2ccccc2S(C)(=O)=O)nnc1-c1ccco1. The summed E-state index contributed by atoms with van der Waals surface area (Å²) < 4.78 is 30.6. The van der Waals surface area contributed by atoms with E-state index in [9.17, 15) is 13.2 Å². The maximum absolute atomic E-state index is 12.2. The van der Waals surface area contributed by atoms with E-state index in [0.29, 0.717) is 16.7 Å². The van der Waals surface area contributed by atoms with Gasteiger partial charge in [0.1, 0.15) is 0 Å². The van der Waals surface area contributed by atoms with E-state index in [0.717, 1.165) is 6.26 Å². The van der Waals surface area contributed by atoms with Crippen LogP contribution in [-0.2, 0) is 21.7 Å². The van der Waals surface area contributed by atoms with Gasteiger partial charge in [0.2, 0.25) is 5.91 Å². The van der Waals surface area contributed by atoms with E-state index in [1.807, 2.05) is 0 Å². The molecule has 10 heteroatoms. The van der Waals surface area contributed by atoms with E-state index >= 15 is 0 Å². The van der Waals surface area contributed by atoms with Gasteiger partial charge < -0.3 is 14.3 Å². The number of thioether (sulfide) groups is 1. The number of carbonyl (C=O) groups is 1. The van der Waals surface area contributed by atoms with Crippen LogP contribution in [-0.4, -0.2) is 41.1 Å². The molecule has 1 aromatic carbocycles. The third-order valence-corrected chi connectivity index (χ3v) is 5.64. The van der Waals surface area contributed by atoms with Crippen molar-refractivity contribution in [3.63, 3.8) is 0 Å². The van der Waals surface area contributed by atoms with E-state index in [-0.39, 0.29) is 22.2 Å². The van der Waals surface area contributed by atoms with Gasteiger partial charge in [0.05, 0.1) is 22.6 Å². The second kappa shape index (κ2) is 7.34. The van der Waals surface area contributed by atoms with Crippen molar-refractivity contribution in [1.29, 1.82) is 0 Å². The van der Waals surface area contributed by atoms with E-state index in [1.165, 1.54) is 17.8 Å². The number of hydrogen-bond donors (Lipinski definition) is 1. The fourth-order valence-electron chi connectivity index (χ4n) is 2.27. The Bertz CT molecular complexity index is 1030. The number of para-hydroxylation sites is 1. The van der Waals surface area contributed by atoms with Crippen molar-refractivity contribution in [1.82, 2.24) is 14.8 Å². The maximum atomic E-state index is 12.2. The molecule has 1 amide bonds. The van der Waals surface area contributed by atoms with Crippen molar-refractivity contribution in [3.05, 3.63) is 42.7 Å². The van der Waals surface area contributed by atoms with Gasteiger partial charge in [-0.15, -0.1) is 10.2 Å². The van der Waals surface area contributed by atoms with Gasteiger partial charge in [-0.05, 0) is 24.3 Å². The monoisotopic (exact) mass is 392 g/mol. The Labute approximate surface area is 154 Å². The highest BCUT2D eigenvalue weighted by atomic mass is 32.2. The summed E-state index contributed by atoms with van der Waals surface area (Å²) in [4.78, 5) is 12.3. The minimum atomic E-state index is -3.43. The first-order chi connectivity index (χ1) is 12.4. The Balaban J connectivity index is 1.68. The van der Waals surface area contributed by atoms with Crippen molar-refractivity contribution in [2.75, 3.05) is 17.3 Å². The predicted molar refractivity (Wildman–Crippen MR) is 97.6 cm³/mol. The van der Waals surface area contributed by atoms with Gasteiger partial charge in [-0.25, -0.2) is 8.42 Å². The van der Waals surface area contributed by atoms with E-state index in [2.05, 4.69) is 15.5 Å². The maximum Gasteiger partial charge on any atom is 0.234 e. The Hall–Kier alpha value is -2.59.